The molecule has 28 heteroatoms. The third-order valence-electron chi connectivity index (χ3n) is 17.9. The number of fused-ring (bicyclic) bond motifs is 12. The third kappa shape index (κ3) is 11.8. The van der Waals surface area contributed by atoms with Gasteiger partial charge in [0.05, 0.1) is 84.4 Å². The molecule has 6 aromatic carbocycles. The van der Waals surface area contributed by atoms with Gasteiger partial charge < -0.3 is 47.4 Å². The van der Waals surface area contributed by atoms with Gasteiger partial charge in [0.1, 0.15) is 62.4 Å². The van der Waals surface area contributed by atoms with Crippen LogP contribution in [-0.4, -0.2) is 107 Å². The molecule has 1 fully saturated rings. The summed E-state index contributed by atoms with van der Waals surface area (Å²) in [4.78, 5) is 35.5. The first kappa shape index (κ1) is 67.1. The number of amides is 2. The third-order valence-corrected chi connectivity index (χ3v) is 21.2. The molecule has 0 unspecified atom stereocenters. The zero-order chi connectivity index (χ0) is 69.8. The van der Waals surface area contributed by atoms with Crippen molar-refractivity contribution in [2.24, 2.45) is 0 Å². The number of pyridine rings is 2. The fourth-order valence-corrected chi connectivity index (χ4v) is 13.8. The van der Waals surface area contributed by atoms with Crippen molar-refractivity contribution in [3.8, 4) is 68.2 Å². The minimum absolute atomic E-state index is 0.215. The predicted octanol–water partition coefficient (Wildman–Crippen LogP) is 14.3. The molecule has 0 saturated carbocycles. The van der Waals surface area contributed by atoms with Gasteiger partial charge in [-0.2, -0.15) is 0 Å². The number of carbonyl (C=O) groups excluding carboxylic acids is 2. The molecule has 502 valence electrons. The Hall–Kier alpha value is -9.47. The van der Waals surface area contributed by atoms with E-state index in [-0.39, 0.29) is 46.2 Å². The van der Waals surface area contributed by atoms with Crippen LogP contribution in [0.1, 0.15) is 48.4 Å². The van der Waals surface area contributed by atoms with Crippen LogP contribution in [-0.2, 0) is 42.8 Å². The maximum absolute atomic E-state index is 13.7. The number of carbonyl (C=O) groups is 2. The van der Waals surface area contributed by atoms with Crippen LogP contribution in [0.15, 0.2) is 154 Å². The molecule has 6 aromatic heterocycles. The quantitative estimate of drug-likeness (QED) is 0.0958. The number of ether oxygens (including phenoxy) is 2. The first-order valence-corrected chi connectivity index (χ1v) is 35.2. The van der Waals surface area contributed by atoms with E-state index in [4.69, 9.17) is 67.4 Å². The van der Waals surface area contributed by atoms with Crippen LogP contribution in [0.2, 0.25) is 15.2 Å². The molecule has 0 aliphatic carbocycles. The Kier molecular flexibility index (Phi) is 17.2. The molecule has 0 spiro atoms. The molecule has 3 aliphatic heterocycles. The van der Waals surface area contributed by atoms with Crippen molar-refractivity contribution in [1.29, 1.82) is 0 Å². The van der Waals surface area contributed by atoms with E-state index >= 15 is 0 Å². The van der Waals surface area contributed by atoms with E-state index in [1.807, 2.05) is 91.4 Å². The topological polar surface area (TPSA) is 232 Å². The van der Waals surface area contributed by atoms with E-state index in [0.29, 0.717) is 94.8 Å². The molecule has 98 heavy (non-hydrogen) atoms. The molecule has 12 aromatic rings. The number of halogens is 5. The summed E-state index contributed by atoms with van der Waals surface area (Å²) in [7, 11) is -2.44. The number of aromatic nitrogens is 4. The number of furan rings is 2. The highest BCUT2D eigenvalue weighted by Crippen LogP contribution is 2.48. The maximum Gasteiger partial charge on any atom is 0.497 e. The molecule has 3 aliphatic rings. The first-order chi connectivity index (χ1) is 46.5. The fourth-order valence-electron chi connectivity index (χ4n) is 12.0. The van der Waals surface area contributed by atoms with Gasteiger partial charge in [-0.25, -0.2) is 35.6 Å². The molecule has 2 amide bonds. The van der Waals surface area contributed by atoms with E-state index < -0.39 is 61.8 Å². The number of nitrogens with zero attached hydrogens (tertiary/aromatic N) is 6. The van der Waals surface area contributed by atoms with E-state index in [0.717, 1.165) is 48.6 Å². The second-order valence-corrected chi connectivity index (χ2v) is 29.6. The summed E-state index contributed by atoms with van der Waals surface area (Å²) in [5, 5.41) is 9.62. The van der Waals surface area contributed by atoms with Gasteiger partial charge in [0.2, 0.25) is 20.0 Å². The van der Waals surface area contributed by atoms with Crippen LogP contribution >= 0.6 is 34.8 Å². The van der Waals surface area contributed by atoms with Gasteiger partial charge in [-0.05, 0) is 125 Å². The van der Waals surface area contributed by atoms with Gasteiger partial charge in [0.25, 0.3) is 11.8 Å². The number of sulfonamides is 2. The number of para-hydroxylation sites is 2. The van der Waals surface area contributed by atoms with Crippen LogP contribution in [0.25, 0.3) is 100 Å². The summed E-state index contributed by atoms with van der Waals surface area (Å²) < 4.78 is 120. The SMILES string of the molecule is CNC(=O)c1c(-c2ccc(F)cc2)oc2cc(N(C)S(C)(=O)=O)c(-c3ccc4c(n3)-c3c(Cl)c5ccccc5n3CO4)cc12.CNC(=O)c1c(-c2ccc(F)cc2)oc2cc(N(C)S(C)(=O)=O)c(B3OC(C)(C)C(C)(C)O3)cc12.Clc1ccc2c(n1)-c1c(Cl)c3ccccc3n1CO2. The number of rotatable bonds is 10. The standard InChI is InChI=1S/C32H24ClFN4O5S.C24H28BFN2O6S.C14H8Cl2N2O/c1-35-32(39)27-21-14-20(24(37(2)44(3,40)41)15-26(21)43-31(27)17-8-10-18(34)11-9-17)22-12-13-25-29(36-22)30-28(33)19-6-4-5-7-23(19)38(30)16-42-25;1-23(2)24(3,4)34-25(33-23)17-12-16-19(13-18(17)28(6)35(7,30)31)32-21(20(16)22(29)27-5)14-8-10-15(26)11-9-14;15-11-6-5-10-13(17-11)14-12(16)8-3-1-2-4-9(8)18(14)7-19-10/h4-15H,16H2,1-3H3,(H,35,39);8-13H,1-7H3,(H,27,29);1-6H,7H2. The van der Waals surface area contributed by atoms with Crippen LogP contribution in [0, 0.1) is 11.6 Å². The number of nitrogens with one attached hydrogen (secondary N) is 2. The summed E-state index contributed by atoms with van der Waals surface area (Å²) in [5.41, 5.74) is 7.15. The van der Waals surface area contributed by atoms with Crippen molar-refractivity contribution in [3.05, 3.63) is 184 Å². The lowest BCUT2D eigenvalue weighted by molar-refractivity contribution is 0.00578. The summed E-state index contributed by atoms with van der Waals surface area (Å²) >= 11 is 19.3. The number of hydrogen-bond donors (Lipinski definition) is 2. The fraction of sp³-hybridized carbons (Fsp3) is 0.200. The average Bonchev–Trinajstić information content (AvgIpc) is 1.57. The van der Waals surface area contributed by atoms with Crippen LogP contribution < -0.4 is 34.2 Å². The second-order valence-electron chi connectivity index (χ2n) is 24.4. The largest absolute Gasteiger partial charge is 0.497 e. The highest BCUT2D eigenvalue weighted by atomic mass is 35.5. The van der Waals surface area contributed by atoms with Gasteiger partial charge >= 0.3 is 7.12 Å². The van der Waals surface area contributed by atoms with Crippen molar-refractivity contribution in [2.45, 2.75) is 52.4 Å². The number of anilines is 2. The molecule has 15 rings (SSSR count). The average molecular weight is 1420 g/mol. The monoisotopic (exact) mass is 1420 g/mol. The Labute approximate surface area is 576 Å². The van der Waals surface area contributed by atoms with Gasteiger partial charge in [-0.15, -0.1) is 0 Å². The number of hydrogen-bond acceptors (Lipinski definition) is 14. The van der Waals surface area contributed by atoms with E-state index in [2.05, 4.69) is 15.6 Å². The van der Waals surface area contributed by atoms with Crippen LogP contribution in [0.5, 0.6) is 11.5 Å². The molecule has 2 N–H and O–H groups in total. The predicted molar refractivity (Wildman–Crippen MR) is 378 cm³/mol. The Morgan fingerprint density at radius 2 is 0.990 bits per heavy atom. The minimum Gasteiger partial charge on any atom is -0.470 e. The van der Waals surface area contributed by atoms with Crippen LogP contribution in [0.3, 0.4) is 0 Å². The van der Waals surface area contributed by atoms with Crippen molar-refractivity contribution in [1.82, 2.24) is 29.7 Å². The maximum atomic E-state index is 13.7. The summed E-state index contributed by atoms with van der Waals surface area (Å²) in [5.74, 6) is -0.0159. The molecular weight excluding hydrogens is 1360 g/mol. The van der Waals surface area contributed by atoms with Crippen molar-refractivity contribution in [3.63, 3.8) is 0 Å². The second kappa shape index (κ2) is 25.1. The van der Waals surface area contributed by atoms with E-state index in [1.165, 1.54) is 76.7 Å². The van der Waals surface area contributed by atoms with Crippen molar-refractivity contribution >= 4 is 134 Å². The smallest absolute Gasteiger partial charge is 0.470 e. The zero-order valence-corrected chi connectivity index (χ0v) is 58.0. The highest BCUT2D eigenvalue weighted by molar-refractivity contribution is 7.92. The lowest BCUT2D eigenvalue weighted by Crippen LogP contribution is -2.41. The summed E-state index contributed by atoms with van der Waals surface area (Å²) in [6.45, 7) is 8.26. The lowest BCUT2D eigenvalue weighted by Gasteiger charge is -2.32. The zero-order valence-electron chi connectivity index (χ0n) is 54.1. The minimum atomic E-state index is -3.73. The van der Waals surface area contributed by atoms with Gasteiger partial charge in [-0.1, -0.05) is 71.2 Å². The Morgan fingerprint density at radius 3 is 1.46 bits per heavy atom. The molecule has 9 heterocycles. The van der Waals surface area contributed by atoms with Crippen molar-refractivity contribution < 1.29 is 62.8 Å². The summed E-state index contributed by atoms with van der Waals surface area (Å²) in [6.07, 6.45) is 2.18. The van der Waals surface area contributed by atoms with E-state index in [1.54, 1.807) is 42.5 Å². The molecule has 1 saturated heterocycles. The highest BCUT2D eigenvalue weighted by Gasteiger charge is 2.53. The molecular formula is C70H60BCl3F2N8O12S2. The van der Waals surface area contributed by atoms with Gasteiger partial charge in [0, 0.05) is 84.0 Å². The normalized spacial score (nSPS) is 14.3. The Bertz CT molecular complexity index is 5500. The first-order valence-electron chi connectivity index (χ1n) is 30.4. The Balaban J connectivity index is 0.000000142. The van der Waals surface area contributed by atoms with Crippen LogP contribution in [0.4, 0.5) is 20.2 Å². The lowest BCUT2D eigenvalue weighted by atomic mass is 9.77. The van der Waals surface area contributed by atoms with E-state index in [9.17, 15) is 35.2 Å². The molecule has 0 radical (unpaired) electrons. The number of benzene rings is 6. The summed E-state index contributed by atoms with van der Waals surface area (Å²) in [6, 6.07) is 40.3. The molecule has 20 nitrogen and oxygen atoms in total. The van der Waals surface area contributed by atoms with Gasteiger partial charge in [0.15, 0.2) is 13.5 Å². The van der Waals surface area contributed by atoms with Gasteiger partial charge in [-0.3, -0.25) is 18.2 Å². The Morgan fingerprint density at radius 1 is 0.561 bits per heavy atom. The molecule has 0 atom stereocenters. The molecule has 0 bridgehead atoms. The van der Waals surface area contributed by atoms with Crippen molar-refractivity contribution in [2.75, 3.05) is 49.3 Å².